The molecule has 2 fully saturated rings. The van der Waals surface area contributed by atoms with Gasteiger partial charge in [0.1, 0.15) is 28.7 Å². The minimum atomic E-state index is -1.55. The average Bonchev–Trinajstić information content (AvgIpc) is 3.42. The van der Waals surface area contributed by atoms with Gasteiger partial charge in [0.25, 0.3) is 0 Å². The fourth-order valence-electron chi connectivity index (χ4n) is 4.56. The summed E-state index contributed by atoms with van der Waals surface area (Å²) in [6.45, 7) is 4.02. The van der Waals surface area contributed by atoms with Crippen LogP contribution >= 0.6 is 11.8 Å². The number of aromatic nitrogens is 4. The van der Waals surface area contributed by atoms with Crippen molar-refractivity contribution in [3.05, 3.63) is 71.5 Å². The van der Waals surface area contributed by atoms with Crippen LogP contribution in [0.3, 0.4) is 0 Å². The zero-order chi connectivity index (χ0) is 23.4. The quantitative estimate of drug-likeness (QED) is 0.408. The molecule has 2 amide bonds. The number of nitrogens with two attached hydrogens (primary N) is 1. The number of phenolic OH excluding ortho intramolecular Hbond substituents is 1. The first-order valence-corrected chi connectivity index (χ1v) is 11.3. The highest BCUT2D eigenvalue weighted by Crippen LogP contribution is 2.56. The summed E-state index contributed by atoms with van der Waals surface area (Å²) in [7, 11) is 0. The summed E-state index contributed by atoms with van der Waals surface area (Å²) < 4.78 is -0.375. The first-order chi connectivity index (χ1) is 15.7. The summed E-state index contributed by atoms with van der Waals surface area (Å²) in [5.41, 5.74) is 6.26. The predicted octanol–water partition coefficient (Wildman–Crippen LogP) is 1.03. The van der Waals surface area contributed by atoms with Crippen LogP contribution in [0.25, 0.3) is 0 Å². The number of rotatable bonds is 5. The Morgan fingerprint density at radius 3 is 2.48 bits per heavy atom. The molecule has 5 N–H and O–H groups in total. The number of carbonyl (C=O) groups is 2. The van der Waals surface area contributed by atoms with Crippen LogP contribution in [0.2, 0.25) is 0 Å². The number of β-lactam (4-membered cyclic amide) rings is 1. The molecule has 4 atom stereocenters. The van der Waals surface area contributed by atoms with E-state index < -0.39 is 17.5 Å². The Hall–Kier alpha value is -3.44. The van der Waals surface area contributed by atoms with Crippen LogP contribution in [0.15, 0.2) is 54.6 Å². The minimum Gasteiger partial charge on any atom is -0.508 e. The molecular weight excluding hydrogens is 442 g/mol. The van der Waals surface area contributed by atoms with E-state index in [1.807, 2.05) is 19.9 Å². The molecule has 0 radical (unpaired) electrons. The van der Waals surface area contributed by atoms with Crippen LogP contribution in [0.1, 0.15) is 36.8 Å². The summed E-state index contributed by atoms with van der Waals surface area (Å²) in [5.74, 6) is -0.215. The summed E-state index contributed by atoms with van der Waals surface area (Å²) in [5, 5.41) is 26.5. The van der Waals surface area contributed by atoms with Gasteiger partial charge in [-0.15, -0.1) is 22.0 Å². The number of aromatic hydroxyl groups is 1. The third-order valence-corrected chi connectivity index (χ3v) is 7.82. The van der Waals surface area contributed by atoms with Crippen LogP contribution in [0.5, 0.6) is 5.75 Å². The Balaban J connectivity index is 1.45. The number of fused-ring (bicyclic) bond motifs is 1. The van der Waals surface area contributed by atoms with Crippen LogP contribution in [-0.2, 0) is 15.1 Å². The lowest BCUT2D eigenvalue weighted by molar-refractivity contribution is -0.152. The first kappa shape index (κ1) is 21.4. The third kappa shape index (κ3) is 3.26. The Bertz CT molecular complexity index is 1190. The number of tetrazole rings is 1. The summed E-state index contributed by atoms with van der Waals surface area (Å²) in [6.07, 6.45) is 0. The van der Waals surface area contributed by atoms with Crippen molar-refractivity contribution in [2.75, 3.05) is 0 Å². The number of H-pyrrole nitrogens is 1. The van der Waals surface area contributed by atoms with Crippen LogP contribution in [0, 0.1) is 0 Å². The highest BCUT2D eigenvalue weighted by Gasteiger charge is 2.63. The summed E-state index contributed by atoms with van der Waals surface area (Å²) in [4.78, 5) is 28.5. The Morgan fingerprint density at radius 1 is 1.18 bits per heavy atom. The van der Waals surface area contributed by atoms with Gasteiger partial charge in [0.15, 0.2) is 5.82 Å². The maximum Gasteiger partial charge on any atom is 0.250 e. The molecule has 1 aromatic heterocycles. The van der Waals surface area contributed by atoms with Crippen molar-refractivity contribution < 1.29 is 14.7 Å². The van der Waals surface area contributed by atoms with Gasteiger partial charge in [-0.2, -0.15) is 5.21 Å². The van der Waals surface area contributed by atoms with Gasteiger partial charge >= 0.3 is 0 Å². The molecule has 33 heavy (non-hydrogen) atoms. The number of carbonyl (C=O) groups excluding carboxylic acids is 2. The monoisotopic (exact) mass is 465 g/mol. The molecule has 0 bridgehead atoms. The lowest BCUT2D eigenvalue weighted by Gasteiger charge is -2.45. The Kier molecular flexibility index (Phi) is 4.91. The van der Waals surface area contributed by atoms with E-state index in [2.05, 4.69) is 25.9 Å². The number of hydrogen-bond acceptors (Lipinski definition) is 8. The van der Waals surface area contributed by atoms with E-state index in [9.17, 15) is 14.7 Å². The number of hydrogen-bond donors (Lipinski definition) is 4. The largest absolute Gasteiger partial charge is 0.508 e. The number of thioether (sulfide) groups is 1. The fourth-order valence-corrected chi connectivity index (χ4v) is 6.19. The Labute approximate surface area is 193 Å². The number of amides is 2. The molecule has 10 nitrogen and oxygen atoms in total. The number of nitrogens with one attached hydrogen (secondary N) is 2. The molecule has 170 valence electrons. The van der Waals surface area contributed by atoms with E-state index in [-0.39, 0.29) is 27.8 Å². The van der Waals surface area contributed by atoms with Gasteiger partial charge in [-0.05, 0) is 37.1 Å². The van der Waals surface area contributed by atoms with Crippen molar-refractivity contribution in [1.29, 1.82) is 0 Å². The van der Waals surface area contributed by atoms with Crippen LogP contribution in [0.4, 0.5) is 0 Å². The molecule has 0 aliphatic carbocycles. The van der Waals surface area contributed by atoms with Crippen LogP contribution < -0.4 is 11.1 Å². The first-order valence-electron chi connectivity index (χ1n) is 10.4. The Morgan fingerprint density at radius 2 is 1.85 bits per heavy atom. The normalized spacial score (nSPS) is 25.1. The van der Waals surface area contributed by atoms with Gasteiger partial charge < -0.3 is 21.1 Å². The maximum absolute atomic E-state index is 13.6. The SMILES string of the molecule is CC1(C)S[C@H]2C(NC(=O)C(N)(c3ccccc3)c3ccc(O)cc3)C(=O)N2C1c1nn[nH]n1. The zero-order valence-electron chi connectivity index (χ0n) is 18.0. The standard InChI is InChI=1S/C22H23N7O3S/c1-21(2)16(17-25-27-28-26-17)29-18(31)15(19(29)33-21)24-20(32)22(23,12-6-4-3-5-7-12)13-8-10-14(30)11-9-13/h3-11,15-16,19,30H,23H2,1-2H3,(H,24,32)(H,25,26,27,28)/t15?,16?,19-,22?/m0/s1. The minimum absolute atomic E-state index is 0.0662. The van der Waals surface area contributed by atoms with Gasteiger partial charge in [0.05, 0.1) is 0 Å². The highest BCUT2D eigenvalue weighted by atomic mass is 32.2. The molecule has 5 rings (SSSR count). The van der Waals surface area contributed by atoms with Gasteiger partial charge in [-0.1, -0.05) is 47.7 Å². The van der Waals surface area contributed by atoms with E-state index in [0.29, 0.717) is 17.0 Å². The molecular formula is C22H23N7O3S. The molecule has 11 heteroatoms. The molecule has 3 unspecified atom stereocenters. The van der Waals surface area contributed by atoms with E-state index in [4.69, 9.17) is 5.73 Å². The lowest BCUT2D eigenvalue weighted by Crippen LogP contribution is -2.70. The molecule has 2 aromatic carbocycles. The fraction of sp³-hybridized carbons (Fsp3) is 0.318. The highest BCUT2D eigenvalue weighted by molar-refractivity contribution is 8.01. The molecule has 2 aliphatic rings. The van der Waals surface area contributed by atoms with Crippen molar-refractivity contribution in [3.63, 3.8) is 0 Å². The lowest BCUT2D eigenvalue weighted by atomic mass is 9.82. The summed E-state index contributed by atoms with van der Waals surface area (Å²) in [6, 6.07) is 14.0. The smallest absolute Gasteiger partial charge is 0.250 e. The van der Waals surface area contributed by atoms with Crippen molar-refractivity contribution in [2.45, 2.75) is 41.6 Å². The topological polar surface area (TPSA) is 150 Å². The van der Waals surface area contributed by atoms with E-state index in [0.717, 1.165) is 0 Å². The average molecular weight is 466 g/mol. The molecule has 0 spiro atoms. The predicted molar refractivity (Wildman–Crippen MR) is 121 cm³/mol. The summed E-state index contributed by atoms with van der Waals surface area (Å²) >= 11 is 1.58. The van der Waals surface area contributed by atoms with E-state index in [1.165, 1.54) is 12.1 Å². The molecule has 2 aliphatic heterocycles. The van der Waals surface area contributed by atoms with Crippen molar-refractivity contribution in [2.24, 2.45) is 5.73 Å². The molecule has 3 aromatic rings. The third-order valence-electron chi connectivity index (χ3n) is 6.24. The molecule has 2 saturated heterocycles. The van der Waals surface area contributed by atoms with Crippen LogP contribution in [-0.4, -0.2) is 58.6 Å². The second-order valence-corrected chi connectivity index (χ2v) is 10.5. The second kappa shape index (κ2) is 7.56. The van der Waals surface area contributed by atoms with Gasteiger partial charge in [0.2, 0.25) is 11.8 Å². The second-order valence-electron chi connectivity index (χ2n) is 8.70. The number of benzene rings is 2. The molecule has 3 heterocycles. The molecule has 0 saturated carbocycles. The van der Waals surface area contributed by atoms with Crippen molar-refractivity contribution in [1.82, 2.24) is 30.8 Å². The maximum atomic E-state index is 13.6. The zero-order valence-corrected chi connectivity index (χ0v) is 18.8. The number of phenols is 1. The van der Waals surface area contributed by atoms with Gasteiger partial charge in [-0.25, -0.2) is 0 Å². The van der Waals surface area contributed by atoms with Gasteiger partial charge in [0, 0.05) is 4.75 Å². The number of nitrogens with zero attached hydrogens (tertiary/aromatic N) is 4. The van der Waals surface area contributed by atoms with Crippen molar-refractivity contribution >= 4 is 23.6 Å². The van der Waals surface area contributed by atoms with Crippen molar-refractivity contribution in [3.8, 4) is 5.75 Å². The van der Waals surface area contributed by atoms with Gasteiger partial charge in [-0.3, -0.25) is 9.59 Å². The number of aromatic amines is 1. The van der Waals surface area contributed by atoms with E-state index >= 15 is 0 Å². The van der Waals surface area contributed by atoms with E-state index in [1.54, 1.807) is 53.1 Å².